The molecule has 0 aromatic carbocycles. The quantitative estimate of drug-likeness (QED) is 0.627. The summed E-state index contributed by atoms with van der Waals surface area (Å²) < 4.78 is 0. The van der Waals surface area contributed by atoms with Crippen LogP contribution >= 0.6 is 0 Å². The van der Waals surface area contributed by atoms with E-state index in [0.29, 0.717) is 0 Å². The first-order valence-corrected chi connectivity index (χ1v) is 4.78. The molecule has 0 aromatic rings. The minimum Gasteiger partial charge on any atom is -0.394 e. The molecule has 0 amide bonds. The summed E-state index contributed by atoms with van der Waals surface area (Å²) >= 11 is 0. The van der Waals surface area contributed by atoms with Crippen LogP contribution in [0.2, 0.25) is 0 Å². The van der Waals surface area contributed by atoms with Crippen molar-refractivity contribution in [1.29, 1.82) is 0 Å². The maximum atomic E-state index is 2.93. The smallest absolute Gasteiger partial charge is 0.00277 e. The summed E-state index contributed by atoms with van der Waals surface area (Å²) in [6, 6.07) is 0. The van der Waals surface area contributed by atoms with Gasteiger partial charge in [0.05, 0.1) is 0 Å². The van der Waals surface area contributed by atoms with Crippen LogP contribution in [0.5, 0.6) is 0 Å². The number of rotatable bonds is 5. The predicted molar refractivity (Wildman–Crippen MR) is 65.1 cm³/mol. The van der Waals surface area contributed by atoms with E-state index in [-0.39, 0.29) is 98.1 Å². The van der Waals surface area contributed by atoms with Gasteiger partial charge >= 0.3 is 0 Å². The fraction of sp³-hybridized carbons (Fsp3) is 0.231. The summed E-state index contributed by atoms with van der Waals surface area (Å²) in [5.41, 5.74) is 1.23. The second-order valence-electron chi connectivity index (χ2n) is 2.83. The van der Waals surface area contributed by atoms with Crippen molar-refractivity contribution in [3.63, 3.8) is 0 Å². The van der Waals surface area contributed by atoms with Crippen LogP contribution in [-0.4, -0.2) is 7.05 Å². The second-order valence-corrected chi connectivity index (χ2v) is 2.83. The Balaban J connectivity index is -0.000000282. The van der Waals surface area contributed by atoms with E-state index in [0.717, 1.165) is 0 Å². The fourth-order valence-corrected chi connectivity index (χ4v) is 0.797. The van der Waals surface area contributed by atoms with Crippen LogP contribution in [0.1, 0.15) is 13.8 Å². The average Bonchev–Trinajstić information content (AvgIpc) is 2.19. The largest absolute Gasteiger partial charge is 0.394 e. The van der Waals surface area contributed by atoms with Crippen LogP contribution in [0.15, 0.2) is 60.4 Å². The minimum absolute atomic E-state index is 0. The van der Waals surface area contributed by atoms with Gasteiger partial charge < -0.3 is 5.32 Å². The molecule has 0 saturated heterocycles. The van der Waals surface area contributed by atoms with Gasteiger partial charge in [-0.15, -0.1) is 0 Å². The summed E-state index contributed by atoms with van der Waals surface area (Å²) in [6.07, 6.45) is 18.1. The van der Waals surface area contributed by atoms with Gasteiger partial charge in [-0.25, -0.2) is 0 Å². The Morgan fingerprint density at radius 1 is 0.882 bits per heavy atom. The third-order valence-corrected chi connectivity index (χ3v) is 1.51. The predicted octanol–water partition coefficient (Wildman–Crippen LogP) is 3.35. The molecule has 0 aliphatic rings. The summed E-state index contributed by atoms with van der Waals surface area (Å²) in [5, 5.41) is 2.93. The standard InChI is InChI=1S/C13H19N.3Y/c1-4-5-6-7-10-13(2)11-8-9-12-14-3;;;/h4-12,14H,1-3H3;;;. The van der Waals surface area contributed by atoms with Gasteiger partial charge in [0.2, 0.25) is 0 Å². The Morgan fingerprint density at radius 3 is 2.06 bits per heavy atom. The van der Waals surface area contributed by atoms with Crippen LogP contribution in [0.25, 0.3) is 0 Å². The average molecular weight is 456 g/mol. The Hall–Kier alpha value is 1.81. The Bertz CT molecular complexity index is 276. The monoisotopic (exact) mass is 456 g/mol. The zero-order chi connectivity index (χ0) is 10.6. The molecule has 1 nitrogen and oxygen atoms in total. The summed E-state index contributed by atoms with van der Waals surface area (Å²) in [5.74, 6) is 0. The zero-order valence-corrected chi connectivity index (χ0v) is 19.4. The van der Waals surface area contributed by atoms with Gasteiger partial charge in [-0.3, -0.25) is 0 Å². The van der Waals surface area contributed by atoms with Crippen molar-refractivity contribution in [2.24, 2.45) is 0 Å². The van der Waals surface area contributed by atoms with Crippen LogP contribution < -0.4 is 5.32 Å². The molecule has 85 valence electrons. The number of hydrogen-bond acceptors (Lipinski definition) is 1. The number of nitrogens with one attached hydrogen (secondary N) is 1. The molecule has 0 rings (SSSR count). The molecule has 0 unspecified atom stereocenters. The van der Waals surface area contributed by atoms with E-state index in [2.05, 4.69) is 24.4 Å². The normalized spacial score (nSPS) is 11.6. The summed E-state index contributed by atoms with van der Waals surface area (Å²) in [6.45, 7) is 4.08. The van der Waals surface area contributed by atoms with Gasteiger partial charge in [-0.05, 0) is 26.1 Å². The van der Waals surface area contributed by atoms with E-state index in [9.17, 15) is 0 Å². The second kappa shape index (κ2) is 22.9. The van der Waals surface area contributed by atoms with Crippen molar-refractivity contribution in [2.75, 3.05) is 7.05 Å². The van der Waals surface area contributed by atoms with Gasteiger partial charge in [-0.2, -0.15) is 0 Å². The number of allylic oxidation sites excluding steroid dienone is 9. The molecule has 0 aliphatic heterocycles. The van der Waals surface area contributed by atoms with Crippen LogP contribution in [0.4, 0.5) is 0 Å². The fourth-order valence-electron chi connectivity index (χ4n) is 0.797. The minimum atomic E-state index is 0. The van der Waals surface area contributed by atoms with Gasteiger partial charge in [0.15, 0.2) is 0 Å². The van der Waals surface area contributed by atoms with Crippen LogP contribution in [0, 0.1) is 0 Å². The molecule has 0 atom stereocenters. The van der Waals surface area contributed by atoms with Crippen molar-refractivity contribution < 1.29 is 98.1 Å². The molecule has 3 radical (unpaired) electrons. The van der Waals surface area contributed by atoms with Crippen molar-refractivity contribution in [3.05, 3.63) is 60.4 Å². The van der Waals surface area contributed by atoms with Crippen molar-refractivity contribution in [2.45, 2.75) is 13.8 Å². The van der Waals surface area contributed by atoms with Crippen molar-refractivity contribution >= 4 is 0 Å². The molecular formula is C13H19NY3. The van der Waals surface area contributed by atoms with Crippen LogP contribution in [-0.2, 0) is 98.1 Å². The maximum Gasteiger partial charge on any atom is 0.00277 e. The van der Waals surface area contributed by atoms with E-state index in [1.54, 1.807) is 0 Å². The van der Waals surface area contributed by atoms with E-state index in [4.69, 9.17) is 0 Å². The van der Waals surface area contributed by atoms with E-state index in [1.807, 2.05) is 56.6 Å². The molecule has 0 aromatic heterocycles. The maximum absolute atomic E-state index is 2.93. The van der Waals surface area contributed by atoms with E-state index >= 15 is 0 Å². The molecule has 0 aliphatic carbocycles. The summed E-state index contributed by atoms with van der Waals surface area (Å²) in [7, 11) is 1.88. The van der Waals surface area contributed by atoms with E-state index < -0.39 is 0 Å². The third-order valence-electron chi connectivity index (χ3n) is 1.51. The van der Waals surface area contributed by atoms with Crippen molar-refractivity contribution in [1.82, 2.24) is 5.32 Å². The molecule has 4 heteroatoms. The first-order valence-electron chi connectivity index (χ1n) is 4.78. The molecule has 0 saturated carbocycles. The van der Waals surface area contributed by atoms with E-state index in [1.165, 1.54) is 5.57 Å². The van der Waals surface area contributed by atoms with Gasteiger partial charge in [0, 0.05) is 105 Å². The van der Waals surface area contributed by atoms with Crippen molar-refractivity contribution in [3.8, 4) is 0 Å². The SMILES string of the molecule is CC=CC=CC=C(C)C=CC=CNC.[Y].[Y].[Y]. The summed E-state index contributed by atoms with van der Waals surface area (Å²) in [4.78, 5) is 0. The number of hydrogen-bond donors (Lipinski definition) is 1. The first-order chi connectivity index (χ1) is 6.81. The Kier molecular flexibility index (Phi) is 36.7. The van der Waals surface area contributed by atoms with Gasteiger partial charge in [0.1, 0.15) is 0 Å². The zero-order valence-electron chi connectivity index (χ0n) is 10.9. The Morgan fingerprint density at radius 2 is 1.53 bits per heavy atom. The topological polar surface area (TPSA) is 12.0 Å². The third kappa shape index (κ3) is 23.3. The van der Waals surface area contributed by atoms with Crippen LogP contribution in [0.3, 0.4) is 0 Å². The van der Waals surface area contributed by atoms with Gasteiger partial charge in [-0.1, -0.05) is 48.1 Å². The molecule has 0 fully saturated rings. The van der Waals surface area contributed by atoms with Gasteiger partial charge in [0.25, 0.3) is 0 Å². The molecule has 1 N–H and O–H groups in total. The molecule has 0 heterocycles. The molecular weight excluding hydrogens is 437 g/mol. The Labute approximate surface area is 181 Å². The molecule has 0 bridgehead atoms. The molecule has 17 heavy (non-hydrogen) atoms. The molecule has 0 spiro atoms. The first kappa shape index (κ1) is 27.2.